The van der Waals surface area contributed by atoms with Gasteiger partial charge in [0.2, 0.25) is 0 Å². The largest absolute Gasteiger partial charge is 0.457 e. The fourth-order valence-electron chi connectivity index (χ4n) is 2.49. The van der Waals surface area contributed by atoms with Crippen LogP contribution in [0, 0.1) is 0 Å². The van der Waals surface area contributed by atoms with Crippen molar-refractivity contribution in [2.75, 3.05) is 0 Å². The van der Waals surface area contributed by atoms with Gasteiger partial charge in [0.1, 0.15) is 12.3 Å². The molecule has 0 fully saturated rings. The van der Waals surface area contributed by atoms with Crippen molar-refractivity contribution < 1.29 is 9.26 Å². The molecule has 0 aliphatic carbocycles. The van der Waals surface area contributed by atoms with E-state index in [1.54, 1.807) is 23.0 Å². The van der Waals surface area contributed by atoms with Gasteiger partial charge in [-0.25, -0.2) is 0 Å². The van der Waals surface area contributed by atoms with Crippen molar-refractivity contribution in [3.63, 3.8) is 0 Å². The number of benzene rings is 1. The van der Waals surface area contributed by atoms with E-state index in [1.807, 2.05) is 43.4 Å². The molecular formula is C18H14ClN5O2. The Morgan fingerprint density at radius 3 is 2.73 bits per heavy atom. The lowest BCUT2D eigenvalue weighted by molar-refractivity contribution is 0.259. The van der Waals surface area contributed by atoms with Crippen molar-refractivity contribution >= 4 is 11.6 Å². The van der Waals surface area contributed by atoms with Crippen molar-refractivity contribution in [3.05, 3.63) is 65.6 Å². The molecule has 0 unspecified atom stereocenters. The average Bonchev–Trinajstić information content (AvgIpc) is 3.28. The van der Waals surface area contributed by atoms with Crippen LogP contribution in [0.25, 0.3) is 22.7 Å². The van der Waals surface area contributed by atoms with Crippen molar-refractivity contribution in [1.29, 1.82) is 0 Å². The van der Waals surface area contributed by atoms with Crippen LogP contribution in [0.4, 0.5) is 0 Å². The minimum atomic E-state index is 0.215. The summed E-state index contributed by atoms with van der Waals surface area (Å²) in [7, 11) is 1.84. The molecule has 0 spiro atoms. The molecule has 0 atom stereocenters. The Bertz CT molecular complexity index is 1030. The summed E-state index contributed by atoms with van der Waals surface area (Å²) < 4.78 is 12.9. The standard InChI is InChI=1S/C18H14ClN5O2/c1-24-17(12-5-7-20-8-6-12)21-22-18(24)25-11-15-10-16(26-23-15)13-3-2-4-14(19)9-13/h2-10H,11H2,1H3. The minimum Gasteiger partial charge on any atom is -0.457 e. The lowest BCUT2D eigenvalue weighted by Gasteiger charge is -2.04. The number of pyridine rings is 1. The first-order valence-corrected chi connectivity index (χ1v) is 8.22. The zero-order valence-corrected chi connectivity index (χ0v) is 14.6. The van der Waals surface area contributed by atoms with Gasteiger partial charge >= 0.3 is 6.01 Å². The molecule has 3 heterocycles. The summed E-state index contributed by atoms with van der Waals surface area (Å²) >= 11 is 6.00. The van der Waals surface area contributed by atoms with Crippen LogP contribution in [0.2, 0.25) is 5.02 Å². The quantitative estimate of drug-likeness (QED) is 0.534. The molecule has 0 saturated carbocycles. The smallest absolute Gasteiger partial charge is 0.317 e. The summed E-state index contributed by atoms with van der Waals surface area (Å²) in [4.78, 5) is 4.00. The molecule has 0 saturated heterocycles. The highest BCUT2D eigenvalue weighted by Gasteiger charge is 2.13. The number of nitrogens with zero attached hydrogens (tertiary/aromatic N) is 5. The van der Waals surface area contributed by atoms with Crippen LogP contribution in [0.15, 0.2) is 59.4 Å². The van der Waals surface area contributed by atoms with Gasteiger partial charge in [0.05, 0.1) is 0 Å². The first-order chi connectivity index (χ1) is 12.7. The fraction of sp³-hybridized carbons (Fsp3) is 0.111. The van der Waals surface area contributed by atoms with Gasteiger partial charge in [-0.3, -0.25) is 9.55 Å². The number of aromatic nitrogens is 5. The molecule has 130 valence electrons. The highest BCUT2D eigenvalue weighted by atomic mass is 35.5. The molecule has 0 radical (unpaired) electrons. The summed E-state index contributed by atoms with van der Waals surface area (Å²) in [5.74, 6) is 1.32. The Morgan fingerprint density at radius 1 is 1.08 bits per heavy atom. The van der Waals surface area contributed by atoms with Crippen LogP contribution >= 0.6 is 11.6 Å². The van der Waals surface area contributed by atoms with Gasteiger partial charge in [-0.05, 0) is 24.3 Å². The highest BCUT2D eigenvalue weighted by molar-refractivity contribution is 6.30. The van der Waals surface area contributed by atoms with Crippen LogP contribution in [0.5, 0.6) is 6.01 Å². The third-order valence-electron chi connectivity index (χ3n) is 3.79. The molecule has 0 aliphatic heterocycles. The summed E-state index contributed by atoms with van der Waals surface area (Å²) in [5.41, 5.74) is 2.41. The van der Waals surface area contributed by atoms with Crippen molar-refractivity contribution in [2.45, 2.75) is 6.61 Å². The Balaban J connectivity index is 1.48. The van der Waals surface area contributed by atoms with Crippen LogP contribution in [-0.2, 0) is 13.7 Å². The molecule has 0 bridgehead atoms. The third-order valence-corrected chi connectivity index (χ3v) is 4.03. The van der Waals surface area contributed by atoms with Gasteiger partial charge in [0, 0.05) is 41.7 Å². The van der Waals surface area contributed by atoms with Crippen molar-refractivity contribution in [1.82, 2.24) is 24.9 Å². The van der Waals surface area contributed by atoms with E-state index in [0.29, 0.717) is 28.3 Å². The average molecular weight is 368 g/mol. The van der Waals surface area contributed by atoms with Gasteiger partial charge in [0.25, 0.3) is 0 Å². The van der Waals surface area contributed by atoms with E-state index >= 15 is 0 Å². The van der Waals surface area contributed by atoms with Crippen LogP contribution in [0.3, 0.4) is 0 Å². The van der Waals surface area contributed by atoms with Crippen LogP contribution in [-0.4, -0.2) is 24.9 Å². The number of halogens is 1. The van der Waals surface area contributed by atoms with Gasteiger partial charge in [-0.2, -0.15) is 0 Å². The first kappa shape index (κ1) is 16.3. The van der Waals surface area contributed by atoms with Gasteiger partial charge in [-0.1, -0.05) is 34.0 Å². The van der Waals surface area contributed by atoms with Gasteiger partial charge < -0.3 is 9.26 Å². The summed E-state index contributed by atoms with van der Waals surface area (Å²) in [6.07, 6.45) is 3.41. The van der Waals surface area contributed by atoms with E-state index in [2.05, 4.69) is 20.3 Å². The Labute approximate surface area is 154 Å². The summed E-state index contributed by atoms with van der Waals surface area (Å²) in [6, 6.07) is 13.3. The molecule has 3 aromatic heterocycles. The van der Waals surface area contributed by atoms with Gasteiger partial charge in [0.15, 0.2) is 11.6 Å². The molecule has 0 aliphatic rings. The highest BCUT2D eigenvalue weighted by Crippen LogP contribution is 2.24. The predicted octanol–water partition coefficient (Wildman–Crippen LogP) is 3.76. The molecule has 0 N–H and O–H groups in total. The molecule has 1 aromatic carbocycles. The van der Waals surface area contributed by atoms with Crippen molar-refractivity contribution in [2.24, 2.45) is 7.05 Å². The minimum absolute atomic E-state index is 0.215. The second-order valence-corrected chi connectivity index (χ2v) is 6.02. The normalized spacial score (nSPS) is 10.8. The van der Waals surface area contributed by atoms with E-state index in [9.17, 15) is 0 Å². The maximum atomic E-state index is 6.00. The SMILES string of the molecule is Cn1c(OCc2cc(-c3cccc(Cl)c3)on2)nnc1-c1ccncc1. The van der Waals surface area contributed by atoms with E-state index in [4.69, 9.17) is 20.9 Å². The molecule has 0 amide bonds. The molecule has 4 rings (SSSR count). The third kappa shape index (κ3) is 3.29. The lowest BCUT2D eigenvalue weighted by Crippen LogP contribution is -2.02. The van der Waals surface area contributed by atoms with E-state index < -0.39 is 0 Å². The second-order valence-electron chi connectivity index (χ2n) is 5.58. The summed E-state index contributed by atoms with van der Waals surface area (Å²) in [6.45, 7) is 0.215. The fourth-order valence-corrected chi connectivity index (χ4v) is 2.68. The monoisotopic (exact) mass is 367 g/mol. The van der Waals surface area contributed by atoms with Crippen LogP contribution in [0.1, 0.15) is 5.69 Å². The maximum Gasteiger partial charge on any atom is 0.317 e. The number of ether oxygens (including phenoxy) is 1. The number of hydrogen-bond acceptors (Lipinski definition) is 6. The van der Waals surface area contributed by atoms with E-state index in [1.165, 1.54) is 0 Å². The molecule has 4 aromatic rings. The zero-order valence-electron chi connectivity index (χ0n) is 13.8. The maximum absolute atomic E-state index is 6.00. The Morgan fingerprint density at radius 2 is 1.92 bits per heavy atom. The zero-order chi connectivity index (χ0) is 17.9. The van der Waals surface area contributed by atoms with E-state index in [-0.39, 0.29) is 6.61 Å². The van der Waals surface area contributed by atoms with Crippen molar-refractivity contribution in [3.8, 4) is 28.7 Å². The predicted molar refractivity (Wildman–Crippen MR) is 95.5 cm³/mol. The summed E-state index contributed by atoms with van der Waals surface area (Å²) in [5, 5.41) is 12.9. The van der Waals surface area contributed by atoms with Gasteiger partial charge in [-0.15, -0.1) is 5.10 Å². The Kier molecular flexibility index (Phi) is 4.37. The first-order valence-electron chi connectivity index (χ1n) is 7.85. The van der Waals surface area contributed by atoms with Crippen LogP contribution < -0.4 is 4.74 Å². The lowest BCUT2D eigenvalue weighted by atomic mass is 10.2. The number of rotatable bonds is 5. The molecule has 7 nitrogen and oxygen atoms in total. The molecule has 26 heavy (non-hydrogen) atoms. The van der Waals surface area contributed by atoms with E-state index in [0.717, 1.165) is 11.1 Å². The molecular weight excluding hydrogens is 354 g/mol. The Hall–Kier alpha value is -3.19. The number of hydrogen-bond donors (Lipinski definition) is 0. The second kappa shape index (κ2) is 6.97. The molecule has 8 heteroatoms. The topological polar surface area (TPSA) is 78.9 Å².